The van der Waals surface area contributed by atoms with Crippen LogP contribution in [0, 0.1) is 0 Å². The monoisotopic (exact) mass is 694 g/mol. The molecule has 1 atom stereocenters. The van der Waals surface area contributed by atoms with Gasteiger partial charge in [0.2, 0.25) is 0 Å². The minimum absolute atomic E-state index is 0.677. The molecule has 0 saturated heterocycles. The zero-order valence-electron chi connectivity index (χ0n) is 30.3. The lowest BCUT2D eigenvalue weighted by atomic mass is 10.0. The normalized spacial score (nSPS) is 13.8. The Morgan fingerprint density at radius 2 is 1.27 bits per heavy atom. The van der Waals surface area contributed by atoms with Gasteiger partial charge in [-0.3, -0.25) is 0 Å². The molecule has 0 fully saturated rings. The quantitative estimate of drug-likeness (QED) is 0.0883. The highest BCUT2D eigenvalue weighted by Crippen LogP contribution is 2.61. The van der Waals surface area contributed by atoms with Gasteiger partial charge in [-0.05, 0) is 61.7 Å². The molecule has 0 amide bonds. The first-order chi connectivity index (χ1) is 25.5. The number of fused-ring (bicyclic) bond motifs is 11. The van der Waals surface area contributed by atoms with Gasteiger partial charge >= 0.3 is 0 Å². The largest absolute Gasteiger partial charge is 0.309 e. The van der Waals surface area contributed by atoms with Crippen LogP contribution in [0.5, 0.6) is 0 Å². The summed E-state index contributed by atoms with van der Waals surface area (Å²) in [6, 6.07) is 41.1. The van der Waals surface area contributed by atoms with Gasteiger partial charge in [0.15, 0.2) is 7.14 Å². The van der Waals surface area contributed by atoms with Crippen molar-refractivity contribution in [3.05, 3.63) is 188 Å². The molecule has 3 heterocycles. The number of benzene rings is 5. The molecule has 0 aliphatic rings. The van der Waals surface area contributed by atoms with Crippen LogP contribution < -0.4 is 5.30 Å². The van der Waals surface area contributed by atoms with E-state index in [4.69, 9.17) is 0 Å². The van der Waals surface area contributed by atoms with Crippen molar-refractivity contribution >= 4 is 72.3 Å². The summed E-state index contributed by atoms with van der Waals surface area (Å²) in [7, 11) is -3.32. The van der Waals surface area contributed by atoms with Gasteiger partial charge in [0.25, 0.3) is 0 Å². The highest BCUT2D eigenvalue weighted by Gasteiger charge is 2.31. The molecule has 52 heavy (non-hydrogen) atoms. The Bertz CT molecular complexity index is 2850. The van der Waals surface area contributed by atoms with Crippen LogP contribution in [0.15, 0.2) is 188 Å². The number of rotatable bonds is 8. The third-order valence-corrected chi connectivity index (χ3v) is 13.0. The van der Waals surface area contributed by atoms with E-state index >= 15 is 4.57 Å². The third-order valence-electron chi connectivity index (χ3n) is 9.78. The van der Waals surface area contributed by atoms with Crippen LogP contribution in [-0.4, -0.2) is 8.97 Å². The van der Waals surface area contributed by atoms with Gasteiger partial charge in [-0.15, -0.1) is 0 Å². The lowest BCUT2D eigenvalue weighted by molar-refractivity contribution is 0.589. The summed E-state index contributed by atoms with van der Waals surface area (Å²) < 4.78 is 20.3. The highest BCUT2D eigenvalue weighted by molar-refractivity contribution is 7.79. The molecule has 0 bridgehead atoms. The van der Waals surface area contributed by atoms with Crippen molar-refractivity contribution in [3.63, 3.8) is 0 Å². The number of hydrogen-bond acceptors (Lipinski definition) is 1. The fourth-order valence-corrected chi connectivity index (χ4v) is 10.3. The lowest BCUT2D eigenvalue weighted by Gasteiger charge is -2.22. The SMILES string of the molecule is C=C/C=C\C(=C/C)P(=O)(/C(C=C)=C/C=C\C)c1cccc(-n2c3ccccc3c3cc4c5ccccc5c5cc6ccccc6n5c4cc32)c1.CC. The van der Waals surface area contributed by atoms with Crippen LogP contribution in [0.1, 0.15) is 27.7 Å². The number of para-hydroxylation sites is 2. The molecule has 0 aliphatic carbocycles. The second-order valence-corrected chi connectivity index (χ2v) is 15.2. The number of pyridine rings is 1. The molecule has 8 rings (SSSR count). The fourth-order valence-electron chi connectivity index (χ4n) is 7.56. The van der Waals surface area contributed by atoms with E-state index in [2.05, 4.69) is 125 Å². The maximum atomic E-state index is 15.5. The predicted octanol–water partition coefficient (Wildman–Crippen LogP) is 13.8. The topological polar surface area (TPSA) is 26.4 Å². The zero-order chi connectivity index (χ0) is 36.4. The first-order valence-electron chi connectivity index (χ1n) is 17.9. The van der Waals surface area contributed by atoms with Crippen LogP contribution in [0.4, 0.5) is 0 Å². The molecule has 0 radical (unpaired) electrons. The van der Waals surface area contributed by atoms with E-state index in [0.29, 0.717) is 5.31 Å². The molecule has 3 nitrogen and oxygen atoms in total. The van der Waals surface area contributed by atoms with E-state index in [9.17, 15) is 0 Å². The first kappa shape index (κ1) is 34.6. The Balaban J connectivity index is 0.00000207. The Hall–Kier alpha value is -5.89. The van der Waals surface area contributed by atoms with E-state index in [1.807, 2.05) is 76.3 Å². The van der Waals surface area contributed by atoms with Crippen LogP contribution in [-0.2, 0) is 4.57 Å². The van der Waals surface area contributed by atoms with Crippen molar-refractivity contribution in [2.24, 2.45) is 0 Å². The molecule has 1 unspecified atom stereocenters. The van der Waals surface area contributed by atoms with Crippen molar-refractivity contribution in [2.45, 2.75) is 27.7 Å². The first-order valence-corrected chi connectivity index (χ1v) is 19.6. The number of hydrogen-bond donors (Lipinski definition) is 0. The van der Waals surface area contributed by atoms with Gasteiger partial charge in [-0.25, -0.2) is 0 Å². The van der Waals surface area contributed by atoms with Crippen molar-refractivity contribution in [1.82, 2.24) is 8.97 Å². The molecule has 4 heteroatoms. The van der Waals surface area contributed by atoms with Crippen LogP contribution in [0.25, 0.3) is 65.6 Å². The van der Waals surface area contributed by atoms with Gasteiger partial charge in [-0.1, -0.05) is 148 Å². The molecule has 0 aliphatic heterocycles. The van der Waals surface area contributed by atoms with E-state index in [1.54, 1.807) is 12.2 Å². The van der Waals surface area contributed by atoms with Crippen molar-refractivity contribution < 1.29 is 4.57 Å². The summed E-state index contributed by atoms with van der Waals surface area (Å²) >= 11 is 0. The standard InChI is InChI=1S/C46H37N2OP.C2H6/c1-5-9-20-34(7-3)50(49,35(8-4)21-10-6-2)36-22-17-19-33(29-36)47-43-27-16-14-25-39(43)41-30-40-37-23-12-13-24-38(37)44-28-32-18-11-15-26-42(32)48(44)46(40)31-45(41)47;1-2/h5-31H,1,4H2,2-3H3;1-2H3/b10-6-,20-9-,34-7+,35-21+;. The van der Waals surface area contributed by atoms with E-state index < -0.39 is 7.14 Å². The average Bonchev–Trinajstić information content (AvgIpc) is 3.75. The zero-order valence-corrected chi connectivity index (χ0v) is 31.1. The summed E-state index contributed by atoms with van der Waals surface area (Å²) in [4.78, 5) is 0. The second kappa shape index (κ2) is 14.4. The minimum atomic E-state index is -3.32. The molecule has 0 saturated carbocycles. The highest BCUT2D eigenvalue weighted by atomic mass is 31.2. The van der Waals surface area contributed by atoms with Crippen molar-refractivity contribution in [1.29, 1.82) is 0 Å². The Morgan fingerprint density at radius 3 is 1.98 bits per heavy atom. The van der Waals surface area contributed by atoms with Crippen LogP contribution in [0.2, 0.25) is 0 Å². The minimum Gasteiger partial charge on any atom is -0.309 e. The molecule has 3 aromatic heterocycles. The fraction of sp³-hybridized carbons (Fsp3) is 0.0833. The lowest BCUT2D eigenvalue weighted by Crippen LogP contribution is -2.09. The molecule has 256 valence electrons. The molecule has 8 aromatic rings. The summed E-state index contributed by atoms with van der Waals surface area (Å²) in [6.07, 6.45) is 14.9. The van der Waals surface area contributed by atoms with E-state index in [0.717, 1.165) is 32.9 Å². The summed E-state index contributed by atoms with van der Waals surface area (Å²) in [6.45, 7) is 15.8. The van der Waals surface area contributed by atoms with Crippen molar-refractivity contribution in [3.8, 4) is 5.69 Å². The van der Waals surface area contributed by atoms with E-state index in [1.165, 1.54) is 43.4 Å². The maximum absolute atomic E-state index is 15.5. The van der Waals surface area contributed by atoms with Gasteiger partial charge in [0.1, 0.15) is 0 Å². The smallest absolute Gasteiger partial charge is 0.170 e. The predicted molar refractivity (Wildman–Crippen MR) is 229 cm³/mol. The summed E-state index contributed by atoms with van der Waals surface area (Å²) in [5.41, 5.74) is 6.64. The molecule has 5 aromatic carbocycles. The maximum Gasteiger partial charge on any atom is 0.170 e. The van der Waals surface area contributed by atoms with Crippen LogP contribution >= 0.6 is 7.14 Å². The van der Waals surface area contributed by atoms with Crippen molar-refractivity contribution in [2.75, 3.05) is 0 Å². The third kappa shape index (κ3) is 5.41. The number of allylic oxidation sites excluding steroid dienone is 10. The van der Waals surface area contributed by atoms with Gasteiger partial charge in [0.05, 0.1) is 27.6 Å². The Labute approximate surface area is 305 Å². The van der Waals surface area contributed by atoms with Gasteiger partial charge in [0, 0.05) is 48.6 Å². The van der Waals surface area contributed by atoms with Gasteiger partial charge in [-0.2, -0.15) is 0 Å². The molecular formula is C48H43N2OP. The van der Waals surface area contributed by atoms with Gasteiger partial charge < -0.3 is 13.5 Å². The Morgan fingerprint density at radius 1 is 0.615 bits per heavy atom. The molecule has 0 spiro atoms. The van der Waals surface area contributed by atoms with E-state index in [-0.39, 0.29) is 0 Å². The Kier molecular flexibility index (Phi) is 9.56. The number of nitrogens with zero attached hydrogens (tertiary/aromatic N) is 2. The average molecular weight is 695 g/mol. The number of aromatic nitrogens is 2. The summed E-state index contributed by atoms with van der Waals surface area (Å²) in [5.74, 6) is 0. The van der Waals surface area contributed by atoms with Crippen LogP contribution in [0.3, 0.4) is 0 Å². The second-order valence-electron chi connectivity index (χ2n) is 12.5. The summed E-state index contributed by atoms with van der Waals surface area (Å²) in [5, 5.41) is 9.37. The molecule has 0 N–H and O–H groups in total. The molecular weight excluding hydrogens is 652 g/mol.